The van der Waals surface area contributed by atoms with Gasteiger partial charge < -0.3 is 25.0 Å². The number of hydrogen-bond acceptors (Lipinski definition) is 8. The van der Waals surface area contributed by atoms with E-state index in [2.05, 4.69) is 20.6 Å². The number of aryl methyl sites for hydroxylation is 1. The topological polar surface area (TPSA) is 117 Å². The summed E-state index contributed by atoms with van der Waals surface area (Å²) in [4.78, 5) is 50.4. The molecule has 0 radical (unpaired) electrons. The van der Waals surface area contributed by atoms with Crippen LogP contribution in [0.15, 0.2) is 34.0 Å². The Morgan fingerprint density at radius 1 is 1.15 bits per heavy atom. The van der Waals surface area contributed by atoms with Crippen LogP contribution in [0, 0.1) is 11.8 Å². The fourth-order valence-corrected chi connectivity index (χ4v) is 4.86. The molecule has 0 saturated carbocycles. The third-order valence-corrected chi connectivity index (χ3v) is 7.40. The average molecular weight is 579 g/mol. The summed E-state index contributed by atoms with van der Waals surface area (Å²) in [6.45, 7) is 3.85. The van der Waals surface area contributed by atoms with E-state index in [0.29, 0.717) is 29.8 Å². The summed E-state index contributed by atoms with van der Waals surface area (Å²) in [6.07, 6.45) is 1.40. The summed E-state index contributed by atoms with van der Waals surface area (Å²) < 4.78 is 31.1. The van der Waals surface area contributed by atoms with E-state index >= 15 is 0 Å². The fourth-order valence-electron chi connectivity index (χ4n) is 4.72. The number of anilines is 3. The lowest BCUT2D eigenvalue weighted by Gasteiger charge is -2.41. The molecule has 1 aliphatic rings. The number of halogens is 3. The molecule has 0 spiro atoms. The van der Waals surface area contributed by atoms with Gasteiger partial charge in [0.2, 0.25) is 11.9 Å². The fraction of sp³-hybridized carbons (Fsp3) is 0.500. The number of nitrogens with zero attached hydrogens (tertiary/aromatic N) is 6. The van der Waals surface area contributed by atoms with Gasteiger partial charge in [-0.1, -0.05) is 25.4 Å². The summed E-state index contributed by atoms with van der Waals surface area (Å²) in [6, 6.07) is 4.94. The van der Waals surface area contributed by atoms with Crippen LogP contribution in [0.3, 0.4) is 0 Å². The van der Waals surface area contributed by atoms with E-state index in [1.165, 1.54) is 31.7 Å². The number of fused-ring (bicyclic) bond motifs is 1. The molecular formula is C26H33ClF2N8O3. The van der Waals surface area contributed by atoms with Crippen molar-refractivity contribution >= 4 is 46.0 Å². The molecule has 2 aromatic heterocycles. The smallest absolute Gasteiger partial charge is 0.317 e. The number of hydrogen-bond donors (Lipinski definition) is 2. The zero-order valence-corrected chi connectivity index (χ0v) is 23.8. The third kappa shape index (κ3) is 5.94. The van der Waals surface area contributed by atoms with Crippen molar-refractivity contribution in [3.8, 4) is 0 Å². The lowest BCUT2D eigenvalue weighted by atomic mass is 9.87. The molecule has 11 nitrogen and oxygen atoms in total. The molecule has 1 fully saturated rings. The van der Waals surface area contributed by atoms with Gasteiger partial charge in [-0.25, -0.2) is 13.8 Å². The van der Waals surface area contributed by atoms with Gasteiger partial charge in [-0.2, -0.15) is 4.98 Å². The van der Waals surface area contributed by atoms with Gasteiger partial charge in [-0.3, -0.25) is 19.0 Å². The average Bonchev–Trinajstić information content (AvgIpc) is 2.89. The van der Waals surface area contributed by atoms with Gasteiger partial charge in [0.15, 0.2) is 5.82 Å². The first-order valence-corrected chi connectivity index (χ1v) is 13.2. The van der Waals surface area contributed by atoms with E-state index in [0.717, 1.165) is 4.57 Å². The predicted molar refractivity (Wildman–Crippen MR) is 151 cm³/mol. The van der Waals surface area contributed by atoms with E-state index < -0.39 is 34.8 Å². The van der Waals surface area contributed by atoms with Gasteiger partial charge in [-0.15, -0.1) is 0 Å². The quantitative estimate of drug-likeness (QED) is 0.391. The summed E-state index contributed by atoms with van der Waals surface area (Å²) >= 11 is 6.36. The van der Waals surface area contributed by atoms with Crippen molar-refractivity contribution < 1.29 is 13.6 Å². The molecule has 3 aromatic rings. The predicted octanol–water partition coefficient (Wildman–Crippen LogP) is 2.29. The van der Waals surface area contributed by atoms with E-state index in [4.69, 9.17) is 11.6 Å². The molecule has 3 heterocycles. The highest BCUT2D eigenvalue weighted by Gasteiger charge is 2.47. The Hall–Kier alpha value is -3.58. The minimum atomic E-state index is -2.78. The van der Waals surface area contributed by atoms with Crippen molar-refractivity contribution in [2.24, 2.45) is 18.9 Å². The van der Waals surface area contributed by atoms with E-state index in [9.17, 15) is 23.2 Å². The number of benzene rings is 1. The Balaban J connectivity index is 1.65. The van der Waals surface area contributed by atoms with Crippen LogP contribution < -0.4 is 26.7 Å². The summed E-state index contributed by atoms with van der Waals surface area (Å²) in [7, 11) is 5.23. The second kappa shape index (κ2) is 11.5. The highest BCUT2D eigenvalue weighted by molar-refractivity contribution is 6.32. The Morgan fingerprint density at radius 3 is 2.48 bits per heavy atom. The molecule has 216 valence electrons. The second-order valence-corrected chi connectivity index (χ2v) is 10.9. The molecule has 1 aromatic carbocycles. The Bertz CT molecular complexity index is 1530. The van der Waals surface area contributed by atoms with Gasteiger partial charge >= 0.3 is 11.1 Å². The summed E-state index contributed by atoms with van der Waals surface area (Å²) in [5.74, 6) is -4.45. The first-order chi connectivity index (χ1) is 18.8. The van der Waals surface area contributed by atoms with Crippen molar-refractivity contribution in [2.75, 3.05) is 50.5 Å². The highest BCUT2D eigenvalue weighted by atomic mass is 35.5. The van der Waals surface area contributed by atoms with Crippen LogP contribution in [0.25, 0.3) is 11.0 Å². The van der Waals surface area contributed by atoms with Crippen LogP contribution in [-0.2, 0) is 18.4 Å². The summed E-state index contributed by atoms with van der Waals surface area (Å²) in [5.41, 5.74) is -0.310. The van der Waals surface area contributed by atoms with Crippen molar-refractivity contribution in [1.29, 1.82) is 0 Å². The standard InChI is InChI=1S/C26H33ClF2N8O3/c1-15-12-36(13-16(2)26(15,28)29)25-31-11-18(27)22(33-25)32-17-6-7-19-20(10-17)37(24(40)23(39)35(19)5)14-21(38)30-8-9-34(3)4/h6-7,10-11,15-16H,8-9,12-14H2,1-5H3,(H,30,38)(H,31,32,33)/t15-,16+. The number of aromatic nitrogens is 4. The first kappa shape index (κ1) is 29.4. The van der Waals surface area contributed by atoms with Crippen molar-refractivity contribution in [1.82, 2.24) is 29.3 Å². The van der Waals surface area contributed by atoms with E-state index in [1.807, 2.05) is 19.0 Å². The lowest BCUT2D eigenvalue weighted by molar-refractivity contribution is -0.121. The Kier molecular flexibility index (Phi) is 8.45. The van der Waals surface area contributed by atoms with Crippen LogP contribution in [0.5, 0.6) is 0 Å². The largest absolute Gasteiger partial charge is 0.353 e. The van der Waals surface area contributed by atoms with Gasteiger partial charge in [0.25, 0.3) is 5.92 Å². The van der Waals surface area contributed by atoms with E-state index in [-0.39, 0.29) is 36.4 Å². The number of carbonyl (C=O) groups excluding carboxylic acids is 1. The maximum atomic E-state index is 14.4. The van der Waals surface area contributed by atoms with Crippen molar-refractivity contribution in [3.63, 3.8) is 0 Å². The number of piperidine rings is 1. The zero-order chi connectivity index (χ0) is 29.4. The monoisotopic (exact) mass is 578 g/mol. The number of amides is 1. The number of likely N-dealkylation sites (N-methyl/N-ethyl adjacent to an activating group) is 1. The van der Waals surface area contributed by atoms with Crippen LogP contribution >= 0.6 is 11.6 Å². The Labute approximate surface area is 234 Å². The third-order valence-electron chi connectivity index (χ3n) is 7.12. The molecule has 14 heteroatoms. The molecule has 2 N–H and O–H groups in total. The van der Waals surface area contributed by atoms with Gasteiger partial charge in [0.1, 0.15) is 11.6 Å². The van der Waals surface area contributed by atoms with Gasteiger partial charge in [-0.05, 0) is 32.3 Å². The first-order valence-electron chi connectivity index (χ1n) is 12.9. The van der Waals surface area contributed by atoms with Crippen LogP contribution in [0.2, 0.25) is 5.02 Å². The molecule has 0 bridgehead atoms. The maximum absolute atomic E-state index is 14.4. The van der Waals surface area contributed by atoms with Crippen LogP contribution in [-0.4, -0.2) is 76.1 Å². The van der Waals surface area contributed by atoms with Crippen molar-refractivity contribution in [2.45, 2.75) is 26.3 Å². The van der Waals surface area contributed by atoms with Gasteiger partial charge in [0, 0.05) is 50.7 Å². The molecule has 1 aliphatic heterocycles. The Morgan fingerprint density at radius 2 is 1.82 bits per heavy atom. The number of carbonyl (C=O) groups is 1. The summed E-state index contributed by atoms with van der Waals surface area (Å²) in [5, 5.41) is 6.04. The lowest BCUT2D eigenvalue weighted by Crippen LogP contribution is -2.52. The van der Waals surface area contributed by atoms with Crippen LogP contribution in [0.1, 0.15) is 13.8 Å². The normalized spacial score (nSPS) is 18.8. The minimum absolute atomic E-state index is 0.0886. The molecule has 2 atom stereocenters. The number of alkyl halides is 2. The minimum Gasteiger partial charge on any atom is -0.353 e. The van der Waals surface area contributed by atoms with Crippen molar-refractivity contribution in [3.05, 3.63) is 50.1 Å². The SMILES string of the molecule is C[C@@H]1CN(c2ncc(Cl)c(Nc3ccc4c(c3)n(CC(=O)NCCN(C)C)c(=O)c(=O)n4C)n2)C[C@H](C)C1(F)F. The van der Waals surface area contributed by atoms with Crippen LogP contribution in [0.4, 0.5) is 26.2 Å². The van der Waals surface area contributed by atoms with Gasteiger partial charge in [0.05, 0.1) is 17.2 Å². The highest BCUT2D eigenvalue weighted by Crippen LogP contribution is 2.38. The second-order valence-electron chi connectivity index (χ2n) is 10.5. The molecular weight excluding hydrogens is 546 g/mol. The number of nitrogens with one attached hydrogen (secondary N) is 2. The zero-order valence-electron chi connectivity index (χ0n) is 23.0. The molecule has 1 amide bonds. The molecule has 0 aliphatic carbocycles. The van der Waals surface area contributed by atoms with E-state index in [1.54, 1.807) is 23.1 Å². The molecule has 0 unspecified atom stereocenters. The molecule has 40 heavy (non-hydrogen) atoms. The molecule has 4 rings (SSSR count). The number of rotatable bonds is 8. The molecule has 1 saturated heterocycles. The maximum Gasteiger partial charge on any atom is 0.317 e.